The average Bonchev–Trinajstić information content (AvgIpc) is 3.15. The second-order valence-electron chi connectivity index (χ2n) is 5.40. The van der Waals surface area contributed by atoms with Crippen LogP contribution in [0.15, 0.2) is 22.6 Å². The molecule has 96 valence electrons. The molecule has 2 aromatic rings. The van der Waals surface area contributed by atoms with Crippen molar-refractivity contribution in [3.05, 3.63) is 24.1 Å². The number of rotatable bonds is 5. The Morgan fingerprint density at radius 3 is 3.00 bits per heavy atom. The molecule has 0 radical (unpaired) electrons. The van der Waals surface area contributed by atoms with Gasteiger partial charge in [0.05, 0.1) is 0 Å². The minimum Gasteiger partial charge on any atom is -0.440 e. The van der Waals surface area contributed by atoms with Gasteiger partial charge in [-0.25, -0.2) is 4.98 Å². The maximum absolute atomic E-state index is 5.75. The fourth-order valence-corrected chi connectivity index (χ4v) is 2.00. The summed E-state index contributed by atoms with van der Waals surface area (Å²) in [6.07, 6.45) is 3.66. The van der Waals surface area contributed by atoms with E-state index in [4.69, 9.17) is 4.42 Å². The number of oxazole rings is 1. The van der Waals surface area contributed by atoms with Gasteiger partial charge < -0.3 is 9.73 Å². The number of benzene rings is 1. The van der Waals surface area contributed by atoms with E-state index < -0.39 is 0 Å². The van der Waals surface area contributed by atoms with Crippen molar-refractivity contribution in [2.75, 3.05) is 11.9 Å². The van der Waals surface area contributed by atoms with Crippen molar-refractivity contribution in [2.45, 2.75) is 39.0 Å². The second-order valence-corrected chi connectivity index (χ2v) is 5.40. The van der Waals surface area contributed by atoms with E-state index in [2.05, 4.69) is 36.3 Å². The summed E-state index contributed by atoms with van der Waals surface area (Å²) in [6, 6.07) is 6.19. The molecule has 1 aromatic heterocycles. The highest BCUT2D eigenvalue weighted by Crippen LogP contribution is 2.40. The third-order valence-corrected chi connectivity index (χ3v) is 3.68. The summed E-state index contributed by atoms with van der Waals surface area (Å²) in [5.41, 5.74) is 3.02. The highest BCUT2D eigenvalue weighted by Gasteiger charge is 2.28. The quantitative estimate of drug-likeness (QED) is 0.858. The van der Waals surface area contributed by atoms with Gasteiger partial charge in [0.25, 0.3) is 0 Å². The average molecular weight is 244 g/mol. The molecular weight excluding hydrogens is 224 g/mol. The molecule has 1 atom stereocenters. The maximum atomic E-state index is 5.75. The molecule has 3 heteroatoms. The number of aromatic nitrogens is 1. The fraction of sp³-hybridized carbons (Fsp3) is 0.533. The van der Waals surface area contributed by atoms with Gasteiger partial charge in [0.2, 0.25) is 0 Å². The first-order valence-corrected chi connectivity index (χ1v) is 6.90. The molecule has 0 saturated heterocycles. The molecule has 18 heavy (non-hydrogen) atoms. The molecule has 1 aliphatic carbocycles. The molecule has 1 aromatic carbocycles. The van der Waals surface area contributed by atoms with Crippen LogP contribution in [0.3, 0.4) is 0 Å². The Balaban J connectivity index is 1.77. The van der Waals surface area contributed by atoms with Gasteiger partial charge in [-0.15, -0.1) is 0 Å². The van der Waals surface area contributed by atoms with Gasteiger partial charge >= 0.3 is 0 Å². The van der Waals surface area contributed by atoms with Gasteiger partial charge in [-0.05, 0) is 37.0 Å². The SMILES string of the molecule is CCC(C)CNc1ccc2oc(C3CC3)nc2c1. The third-order valence-electron chi connectivity index (χ3n) is 3.68. The van der Waals surface area contributed by atoms with Crippen LogP contribution in [0.25, 0.3) is 11.1 Å². The predicted octanol–water partition coefficient (Wildman–Crippen LogP) is 4.16. The van der Waals surface area contributed by atoms with Crippen LogP contribution in [0.1, 0.15) is 44.9 Å². The lowest BCUT2D eigenvalue weighted by molar-refractivity contribution is 0.533. The number of hydrogen-bond donors (Lipinski definition) is 1. The first-order valence-electron chi connectivity index (χ1n) is 6.90. The Hall–Kier alpha value is -1.51. The smallest absolute Gasteiger partial charge is 0.198 e. The summed E-state index contributed by atoms with van der Waals surface area (Å²) in [7, 11) is 0. The van der Waals surface area contributed by atoms with Crippen molar-refractivity contribution in [2.24, 2.45) is 5.92 Å². The van der Waals surface area contributed by atoms with Crippen molar-refractivity contribution in [3.63, 3.8) is 0 Å². The summed E-state index contributed by atoms with van der Waals surface area (Å²) in [6.45, 7) is 5.48. The van der Waals surface area contributed by atoms with E-state index in [1.54, 1.807) is 0 Å². The summed E-state index contributed by atoms with van der Waals surface area (Å²) in [4.78, 5) is 4.58. The van der Waals surface area contributed by atoms with Crippen molar-refractivity contribution < 1.29 is 4.42 Å². The Morgan fingerprint density at radius 1 is 1.44 bits per heavy atom. The minimum atomic E-state index is 0.578. The molecular formula is C15H20N2O. The van der Waals surface area contributed by atoms with Crippen LogP contribution in [-0.2, 0) is 0 Å². The van der Waals surface area contributed by atoms with Gasteiger partial charge in [0, 0.05) is 18.2 Å². The van der Waals surface area contributed by atoms with E-state index in [0.29, 0.717) is 11.8 Å². The normalized spacial score (nSPS) is 17.0. The zero-order valence-corrected chi connectivity index (χ0v) is 11.1. The van der Waals surface area contributed by atoms with E-state index in [-0.39, 0.29) is 0 Å². The van der Waals surface area contributed by atoms with Crippen LogP contribution < -0.4 is 5.32 Å². The van der Waals surface area contributed by atoms with Gasteiger partial charge in [-0.3, -0.25) is 0 Å². The van der Waals surface area contributed by atoms with Crippen molar-refractivity contribution >= 4 is 16.8 Å². The summed E-state index contributed by atoms with van der Waals surface area (Å²) in [5, 5.41) is 3.46. The lowest BCUT2D eigenvalue weighted by atomic mass is 10.1. The number of hydrogen-bond acceptors (Lipinski definition) is 3. The van der Waals surface area contributed by atoms with E-state index in [1.165, 1.54) is 19.3 Å². The van der Waals surface area contributed by atoms with Crippen LogP contribution in [-0.4, -0.2) is 11.5 Å². The summed E-state index contributed by atoms with van der Waals surface area (Å²) < 4.78 is 5.75. The zero-order valence-electron chi connectivity index (χ0n) is 11.1. The Labute approximate surface area is 108 Å². The summed E-state index contributed by atoms with van der Waals surface area (Å²) >= 11 is 0. The monoisotopic (exact) mass is 244 g/mol. The van der Waals surface area contributed by atoms with Crippen molar-refractivity contribution in [1.82, 2.24) is 4.98 Å². The molecule has 1 N–H and O–H groups in total. The van der Waals surface area contributed by atoms with E-state index in [1.807, 2.05) is 6.07 Å². The third kappa shape index (κ3) is 2.35. The number of nitrogens with zero attached hydrogens (tertiary/aromatic N) is 1. The lowest BCUT2D eigenvalue weighted by Crippen LogP contribution is -2.09. The molecule has 1 saturated carbocycles. The molecule has 1 fully saturated rings. The standard InChI is InChI=1S/C15H20N2O/c1-3-10(2)9-16-12-6-7-14-13(8-12)17-15(18-14)11-4-5-11/h6-8,10-11,16H,3-5,9H2,1-2H3. The predicted molar refractivity (Wildman–Crippen MR) is 73.9 cm³/mol. The van der Waals surface area contributed by atoms with E-state index >= 15 is 0 Å². The van der Waals surface area contributed by atoms with Gasteiger partial charge in [0.15, 0.2) is 11.5 Å². The molecule has 3 nitrogen and oxygen atoms in total. The Morgan fingerprint density at radius 2 is 2.28 bits per heavy atom. The molecule has 1 unspecified atom stereocenters. The van der Waals surface area contributed by atoms with Gasteiger partial charge in [0.1, 0.15) is 5.52 Å². The molecule has 1 aliphatic rings. The minimum absolute atomic E-state index is 0.578. The second kappa shape index (κ2) is 4.63. The van der Waals surface area contributed by atoms with Gasteiger partial charge in [-0.2, -0.15) is 0 Å². The van der Waals surface area contributed by atoms with Crippen LogP contribution in [0.5, 0.6) is 0 Å². The van der Waals surface area contributed by atoms with E-state index in [0.717, 1.165) is 29.2 Å². The van der Waals surface area contributed by atoms with Crippen LogP contribution in [0.2, 0.25) is 0 Å². The highest BCUT2D eigenvalue weighted by molar-refractivity contribution is 5.77. The Bertz CT molecular complexity index is 542. The molecule has 0 aliphatic heterocycles. The first-order chi connectivity index (χ1) is 8.76. The lowest BCUT2D eigenvalue weighted by Gasteiger charge is -2.10. The molecule has 0 amide bonds. The van der Waals surface area contributed by atoms with E-state index in [9.17, 15) is 0 Å². The molecule has 3 rings (SSSR count). The maximum Gasteiger partial charge on any atom is 0.198 e. The van der Waals surface area contributed by atoms with Crippen molar-refractivity contribution in [1.29, 1.82) is 0 Å². The van der Waals surface area contributed by atoms with Gasteiger partial charge in [-0.1, -0.05) is 20.3 Å². The highest BCUT2D eigenvalue weighted by atomic mass is 16.3. The van der Waals surface area contributed by atoms with Crippen LogP contribution >= 0.6 is 0 Å². The van der Waals surface area contributed by atoms with Crippen molar-refractivity contribution in [3.8, 4) is 0 Å². The number of anilines is 1. The first kappa shape index (κ1) is 11.6. The van der Waals surface area contributed by atoms with Crippen LogP contribution in [0, 0.1) is 5.92 Å². The van der Waals surface area contributed by atoms with Crippen LogP contribution in [0.4, 0.5) is 5.69 Å². The fourth-order valence-electron chi connectivity index (χ4n) is 2.00. The molecule has 0 spiro atoms. The topological polar surface area (TPSA) is 38.1 Å². The zero-order chi connectivity index (χ0) is 12.5. The largest absolute Gasteiger partial charge is 0.440 e. The number of nitrogens with one attached hydrogen (secondary N) is 1. The summed E-state index contributed by atoms with van der Waals surface area (Å²) in [5.74, 6) is 2.19. The molecule has 1 heterocycles. The number of fused-ring (bicyclic) bond motifs is 1. The molecule has 0 bridgehead atoms. The Kier molecular flexibility index (Phi) is 2.98.